The van der Waals surface area contributed by atoms with E-state index in [9.17, 15) is 37.1 Å². The van der Waals surface area contributed by atoms with Crippen LogP contribution in [0, 0.1) is 23.4 Å². The number of hydrogen-bond donors (Lipinski definition) is 2. The molecular formula is C21H15F4N3O4. The minimum atomic E-state index is -1.22. The molecule has 2 amide bonds. The number of hydrogen-bond acceptors (Lipinski definition) is 4. The standard InChI is InChI=1S/C21H15F4N3O4/c22-8-1-13(23)11(14(24)2-8)5-26-20(31)12-6-27-7-16-10-3-9(4-15(10)25)28(16)21(32)17(27)19(30)18(12)29/h1-2,4,6,9-10,16,30H,3,5,7H2,(H,26,31)/t9-,10?,16+/m1/s1. The van der Waals surface area contributed by atoms with Crippen molar-refractivity contribution in [2.24, 2.45) is 5.92 Å². The molecule has 166 valence electrons. The van der Waals surface area contributed by atoms with Crippen LogP contribution < -0.4 is 10.7 Å². The largest absolute Gasteiger partial charge is 0.503 e. The van der Waals surface area contributed by atoms with Crippen LogP contribution in [0.3, 0.4) is 0 Å². The quantitative estimate of drug-likeness (QED) is 0.702. The molecule has 11 heteroatoms. The van der Waals surface area contributed by atoms with E-state index >= 15 is 0 Å². The molecule has 2 N–H and O–H groups in total. The molecule has 3 aliphatic rings. The summed E-state index contributed by atoms with van der Waals surface area (Å²) in [6, 6.07) is -0.0797. The lowest BCUT2D eigenvalue weighted by Gasteiger charge is -2.38. The first-order chi connectivity index (χ1) is 15.2. The third-order valence-corrected chi connectivity index (χ3v) is 6.23. The van der Waals surface area contributed by atoms with Crippen molar-refractivity contribution in [1.82, 2.24) is 14.8 Å². The second-order valence-corrected chi connectivity index (χ2v) is 7.99. The Morgan fingerprint density at radius 1 is 1.16 bits per heavy atom. The van der Waals surface area contributed by atoms with E-state index in [4.69, 9.17) is 0 Å². The number of benzene rings is 1. The van der Waals surface area contributed by atoms with Gasteiger partial charge in [0.2, 0.25) is 5.43 Å². The molecule has 7 nitrogen and oxygen atoms in total. The van der Waals surface area contributed by atoms with Crippen LogP contribution in [0.1, 0.15) is 32.8 Å². The van der Waals surface area contributed by atoms with Crippen molar-refractivity contribution < 1.29 is 32.3 Å². The van der Waals surface area contributed by atoms with Gasteiger partial charge in [0.25, 0.3) is 11.8 Å². The Kier molecular flexibility index (Phi) is 4.40. The minimum Gasteiger partial charge on any atom is -0.503 e. The van der Waals surface area contributed by atoms with Crippen molar-refractivity contribution >= 4 is 11.8 Å². The molecular weight excluding hydrogens is 434 g/mol. The summed E-state index contributed by atoms with van der Waals surface area (Å²) in [5, 5.41) is 12.5. The molecule has 2 aromatic rings. The summed E-state index contributed by atoms with van der Waals surface area (Å²) < 4.78 is 55.9. The Morgan fingerprint density at radius 2 is 1.84 bits per heavy atom. The fraction of sp³-hybridized carbons (Fsp3) is 0.286. The van der Waals surface area contributed by atoms with Crippen LogP contribution in [0.2, 0.25) is 0 Å². The van der Waals surface area contributed by atoms with E-state index in [1.165, 1.54) is 15.5 Å². The molecule has 1 saturated heterocycles. The fourth-order valence-electron chi connectivity index (χ4n) is 4.75. The first-order valence-electron chi connectivity index (χ1n) is 9.75. The van der Waals surface area contributed by atoms with E-state index in [-0.39, 0.29) is 18.1 Å². The average Bonchev–Trinajstić information content (AvgIpc) is 3.26. The van der Waals surface area contributed by atoms with E-state index in [2.05, 4.69) is 5.32 Å². The van der Waals surface area contributed by atoms with Crippen LogP contribution in [-0.4, -0.2) is 38.5 Å². The molecule has 1 fully saturated rings. The summed E-state index contributed by atoms with van der Waals surface area (Å²) in [5.74, 6) is -7.02. The van der Waals surface area contributed by atoms with Gasteiger partial charge in [0.1, 0.15) is 28.8 Å². The van der Waals surface area contributed by atoms with E-state index < -0.39 is 76.1 Å². The molecule has 5 rings (SSSR count). The van der Waals surface area contributed by atoms with Gasteiger partial charge >= 0.3 is 0 Å². The normalized spacial score (nSPS) is 23.1. The summed E-state index contributed by atoms with van der Waals surface area (Å²) >= 11 is 0. The van der Waals surface area contributed by atoms with Gasteiger partial charge in [-0.25, -0.2) is 17.6 Å². The molecule has 0 spiro atoms. The van der Waals surface area contributed by atoms with E-state index in [1.807, 2.05) is 0 Å². The van der Waals surface area contributed by atoms with Crippen LogP contribution in [0.25, 0.3) is 0 Å². The van der Waals surface area contributed by atoms with E-state index in [0.29, 0.717) is 18.6 Å². The number of pyridine rings is 1. The lowest BCUT2D eigenvalue weighted by atomic mass is 9.98. The molecule has 1 aromatic carbocycles. The van der Waals surface area contributed by atoms with Crippen LogP contribution >= 0.6 is 0 Å². The number of aromatic nitrogens is 1. The van der Waals surface area contributed by atoms with Crippen molar-refractivity contribution in [1.29, 1.82) is 0 Å². The number of nitrogens with one attached hydrogen (secondary N) is 1. The predicted octanol–water partition coefficient (Wildman–Crippen LogP) is 1.98. The van der Waals surface area contributed by atoms with Gasteiger partial charge in [-0.1, -0.05) is 0 Å². The van der Waals surface area contributed by atoms with Gasteiger partial charge in [0.15, 0.2) is 11.4 Å². The molecule has 1 aliphatic carbocycles. The zero-order valence-corrected chi connectivity index (χ0v) is 16.2. The van der Waals surface area contributed by atoms with Crippen molar-refractivity contribution in [2.75, 3.05) is 0 Å². The van der Waals surface area contributed by atoms with Crippen LogP contribution in [0.15, 0.2) is 35.0 Å². The summed E-state index contributed by atoms with van der Waals surface area (Å²) in [6.07, 6.45) is 2.82. The van der Waals surface area contributed by atoms with Gasteiger partial charge in [-0.2, -0.15) is 0 Å². The second kappa shape index (κ2) is 6.94. The number of aromatic hydroxyl groups is 1. The van der Waals surface area contributed by atoms with E-state index in [1.54, 1.807) is 0 Å². The first kappa shape index (κ1) is 20.3. The first-order valence-corrected chi connectivity index (χ1v) is 9.75. The lowest BCUT2D eigenvalue weighted by molar-refractivity contribution is 0.0571. The highest BCUT2D eigenvalue weighted by molar-refractivity contribution is 5.99. The molecule has 0 saturated carbocycles. The number of amides is 2. The molecule has 2 bridgehead atoms. The second-order valence-electron chi connectivity index (χ2n) is 7.99. The minimum absolute atomic E-state index is 0.0544. The van der Waals surface area contributed by atoms with Crippen LogP contribution in [0.4, 0.5) is 17.6 Å². The van der Waals surface area contributed by atoms with Gasteiger partial charge in [-0.05, 0) is 12.5 Å². The SMILES string of the molecule is O=C(NCc1c(F)cc(F)cc1F)c1cn2c(c(O)c1=O)C(=O)N1[C@H]3C=C(F)C(C3)[C@@H]1C2. The monoisotopic (exact) mass is 449 g/mol. The van der Waals surface area contributed by atoms with Gasteiger partial charge in [-0.15, -0.1) is 0 Å². The number of nitrogens with zero attached hydrogens (tertiary/aromatic N) is 2. The summed E-state index contributed by atoms with van der Waals surface area (Å²) in [5.41, 5.74) is -2.61. The van der Waals surface area contributed by atoms with Crippen molar-refractivity contribution in [3.8, 4) is 5.75 Å². The molecule has 3 atom stereocenters. The number of rotatable bonds is 3. The smallest absolute Gasteiger partial charge is 0.275 e. The molecule has 0 radical (unpaired) electrons. The number of halogens is 4. The van der Waals surface area contributed by atoms with Crippen molar-refractivity contribution in [3.05, 3.63) is 74.7 Å². The lowest BCUT2D eigenvalue weighted by Crippen LogP contribution is -2.51. The topological polar surface area (TPSA) is 91.6 Å². The van der Waals surface area contributed by atoms with E-state index in [0.717, 1.165) is 6.20 Å². The highest BCUT2D eigenvalue weighted by Crippen LogP contribution is 2.46. The molecule has 2 aliphatic heterocycles. The Bertz CT molecular complexity index is 1270. The molecule has 1 aromatic heterocycles. The maximum absolute atomic E-state index is 14.1. The number of fused-ring (bicyclic) bond motifs is 6. The average molecular weight is 449 g/mol. The third-order valence-electron chi connectivity index (χ3n) is 6.23. The molecule has 32 heavy (non-hydrogen) atoms. The highest BCUT2D eigenvalue weighted by atomic mass is 19.1. The summed E-state index contributed by atoms with van der Waals surface area (Å²) in [4.78, 5) is 39.4. The Hall–Kier alpha value is -3.63. The van der Waals surface area contributed by atoms with Gasteiger partial charge in [0.05, 0.1) is 12.1 Å². The van der Waals surface area contributed by atoms with Gasteiger partial charge < -0.3 is 19.9 Å². The maximum Gasteiger partial charge on any atom is 0.275 e. The highest BCUT2D eigenvalue weighted by Gasteiger charge is 2.52. The number of carbonyl (C=O) groups excluding carboxylic acids is 2. The third kappa shape index (κ3) is 2.84. The van der Waals surface area contributed by atoms with Crippen molar-refractivity contribution in [3.63, 3.8) is 0 Å². The Morgan fingerprint density at radius 3 is 2.53 bits per heavy atom. The predicted molar refractivity (Wildman–Crippen MR) is 101 cm³/mol. The van der Waals surface area contributed by atoms with Gasteiger partial charge in [-0.3, -0.25) is 14.4 Å². The maximum atomic E-state index is 14.1. The van der Waals surface area contributed by atoms with Crippen molar-refractivity contribution in [2.45, 2.75) is 31.6 Å². The zero-order valence-electron chi connectivity index (χ0n) is 16.2. The summed E-state index contributed by atoms with van der Waals surface area (Å²) in [6.45, 7) is -0.632. The summed E-state index contributed by atoms with van der Waals surface area (Å²) in [7, 11) is 0. The fourth-order valence-corrected chi connectivity index (χ4v) is 4.75. The number of carbonyl (C=O) groups is 2. The Labute approximate surface area is 177 Å². The molecule has 1 unspecified atom stereocenters. The van der Waals surface area contributed by atoms with Crippen LogP contribution in [-0.2, 0) is 13.1 Å². The van der Waals surface area contributed by atoms with Gasteiger partial charge in [0, 0.05) is 42.9 Å². The Balaban J connectivity index is 1.45. The van der Waals surface area contributed by atoms with Crippen LogP contribution in [0.5, 0.6) is 5.75 Å². The zero-order chi connectivity index (χ0) is 22.9. The molecule has 3 heterocycles.